The van der Waals surface area contributed by atoms with Gasteiger partial charge in [-0.25, -0.2) is 0 Å². The quantitative estimate of drug-likeness (QED) is 0.124. The number of guanidine groups is 1. The predicted octanol–water partition coefficient (Wildman–Crippen LogP) is 4.71. The monoisotopic (exact) mass is 563 g/mol. The van der Waals surface area contributed by atoms with Crippen molar-refractivity contribution in [2.75, 3.05) is 58.6 Å². The maximum atomic E-state index is 5.72. The summed E-state index contributed by atoms with van der Waals surface area (Å²) in [6, 6.07) is 7.97. The largest absolute Gasteiger partial charge is 0.491 e. The van der Waals surface area contributed by atoms with Crippen molar-refractivity contribution in [3.8, 4) is 5.75 Å². The van der Waals surface area contributed by atoms with Gasteiger partial charge in [0.05, 0.1) is 19.3 Å². The van der Waals surface area contributed by atoms with Crippen molar-refractivity contribution in [1.82, 2.24) is 5.32 Å². The van der Waals surface area contributed by atoms with Crippen LogP contribution in [-0.4, -0.2) is 65.3 Å². The second-order valence-electron chi connectivity index (χ2n) is 8.16. The molecular weight excluding hydrogens is 521 g/mol. The molecule has 184 valence electrons. The Morgan fingerprint density at radius 1 is 1.00 bits per heavy atom. The lowest BCUT2D eigenvalue weighted by atomic mass is 10.3. The number of benzene rings is 1. The van der Waals surface area contributed by atoms with Gasteiger partial charge in [0.25, 0.3) is 0 Å². The standard InChI is InChI=1S/C24H41N3O4.HI/c1-20(2)31-23-11-9-22(10-12-23)27-24(25-13-4-5-15-29-18-17-28-3)26-14-6-16-30-19-21-7-8-21;/h9-12,20-21H,4-8,13-19H2,1-3H3,(H2,25,26,27);1H. The molecule has 32 heavy (non-hydrogen) atoms. The van der Waals surface area contributed by atoms with Crippen molar-refractivity contribution in [3.05, 3.63) is 24.3 Å². The lowest BCUT2D eigenvalue weighted by Gasteiger charge is -2.14. The summed E-state index contributed by atoms with van der Waals surface area (Å²) in [4.78, 5) is 4.72. The van der Waals surface area contributed by atoms with Gasteiger partial charge in [0.2, 0.25) is 0 Å². The molecule has 2 rings (SSSR count). The Labute approximate surface area is 211 Å². The van der Waals surface area contributed by atoms with Gasteiger partial charge in [-0.2, -0.15) is 0 Å². The number of ether oxygens (including phenoxy) is 4. The molecular formula is C24H42IN3O4. The van der Waals surface area contributed by atoms with Crippen LogP contribution < -0.4 is 15.4 Å². The summed E-state index contributed by atoms with van der Waals surface area (Å²) in [5.74, 6) is 2.47. The first-order chi connectivity index (χ1) is 15.2. The van der Waals surface area contributed by atoms with Gasteiger partial charge in [-0.15, -0.1) is 24.0 Å². The topological polar surface area (TPSA) is 73.3 Å². The summed E-state index contributed by atoms with van der Waals surface area (Å²) in [6.07, 6.45) is 5.76. The van der Waals surface area contributed by atoms with Crippen LogP contribution in [0.4, 0.5) is 5.69 Å². The van der Waals surface area contributed by atoms with Gasteiger partial charge in [0.1, 0.15) is 5.75 Å². The average Bonchev–Trinajstić information content (AvgIpc) is 3.57. The van der Waals surface area contributed by atoms with E-state index in [9.17, 15) is 0 Å². The highest BCUT2D eigenvalue weighted by atomic mass is 127. The lowest BCUT2D eigenvalue weighted by molar-refractivity contribution is 0.0689. The highest BCUT2D eigenvalue weighted by Crippen LogP contribution is 2.28. The number of unbranched alkanes of at least 4 members (excludes halogenated alkanes) is 1. The molecule has 1 fully saturated rings. The molecule has 1 aromatic rings. The Balaban J connectivity index is 0.00000512. The van der Waals surface area contributed by atoms with Crippen molar-refractivity contribution in [1.29, 1.82) is 0 Å². The third-order valence-electron chi connectivity index (χ3n) is 4.70. The van der Waals surface area contributed by atoms with Crippen molar-refractivity contribution < 1.29 is 18.9 Å². The molecule has 0 heterocycles. The molecule has 1 saturated carbocycles. The fourth-order valence-corrected chi connectivity index (χ4v) is 2.84. The Bertz CT molecular complexity index is 610. The molecule has 1 aliphatic carbocycles. The van der Waals surface area contributed by atoms with Gasteiger partial charge < -0.3 is 29.6 Å². The number of halogens is 1. The Hall–Kier alpha value is -1.10. The number of nitrogens with zero attached hydrogens (tertiary/aromatic N) is 1. The van der Waals surface area contributed by atoms with E-state index >= 15 is 0 Å². The van der Waals surface area contributed by atoms with E-state index in [0.29, 0.717) is 13.2 Å². The highest BCUT2D eigenvalue weighted by Gasteiger charge is 2.20. The molecule has 0 aliphatic heterocycles. The van der Waals surface area contributed by atoms with E-state index in [4.69, 9.17) is 23.9 Å². The minimum Gasteiger partial charge on any atom is -0.491 e. The zero-order chi connectivity index (χ0) is 22.2. The number of hydrogen-bond acceptors (Lipinski definition) is 5. The van der Waals surface area contributed by atoms with Crippen molar-refractivity contribution in [3.63, 3.8) is 0 Å². The number of methoxy groups -OCH3 is 1. The summed E-state index contributed by atoms with van der Waals surface area (Å²) in [6.45, 7) is 9.34. The van der Waals surface area contributed by atoms with Gasteiger partial charge in [-0.3, -0.25) is 4.99 Å². The molecule has 8 heteroatoms. The van der Waals surface area contributed by atoms with E-state index in [-0.39, 0.29) is 30.1 Å². The Kier molecular flexibility index (Phi) is 16.6. The van der Waals surface area contributed by atoms with Crippen molar-refractivity contribution in [2.45, 2.75) is 52.1 Å². The summed E-state index contributed by atoms with van der Waals surface area (Å²) >= 11 is 0. The lowest BCUT2D eigenvalue weighted by Crippen LogP contribution is -2.32. The molecule has 0 aromatic heterocycles. The first-order valence-electron chi connectivity index (χ1n) is 11.6. The molecule has 1 aliphatic rings. The van der Waals surface area contributed by atoms with Crippen LogP contribution in [0, 0.1) is 5.92 Å². The van der Waals surface area contributed by atoms with E-state index in [2.05, 4.69) is 10.6 Å². The summed E-state index contributed by atoms with van der Waals surface area (Å²) in [5.41, 5.74) is 0.982. The van der Waals surface area contributed by atoms with Gasteiger partial charge >= 0.3 is 0 Å². The molecule has 2 N–H and O–H groups in total. The summed E-state index contributed by atoms with van der Waals surface area (Å²) in [5, 5.41) is 6.82. The summed E-state index contributed by atoms with van der Waals surface area (Å²) in [7, 11) is 1.69. The van der Waals surface area contributed by atoms with Crippen LogP contribution in [0.15, 0.2) is 29.3 Å². The molecule has 0 unspecified atom stereocenters. The number of hydrogen-bond donors (Lipinski definition) is 2. The number of rotatable bonds is 17. The predicted molar refractivity (Wildman–Crippen MR) is 142 cm³/mol. The van der Waals surface area contributed by atoms with Gasteiger partial charge in [-0.1, -0.05) is 0 Å². The molecule has 0 saturated heterocycles. The van der Waals surface area contributed by atoms with E-state index in [1.807, 2.05) is 38.1 Å². The molecule has 0 bridgehead atoms. The average molecular weight is 564 g/mol. The third kappa shape index (κ3) is 14.9. The van der Waals surface area contributed by atoms with E-state index in [0.717, 1.165) is 75.5 Å². The van der Waals surface area contributed by atoms with Crippen LogP contribution in [0.3, 0.4) is 0 Å². The smallest absolute Gasteiger partial charge is 0.195 e. The maximum Gasteiger partial charge on any atom is 0.195 e. The van der Waals surface area contributed by atoms with Gasteiger partial charge in [0.15, 0.2) is 5.96 Å². The van der Waals surface area contributed by atoms with Crippen LogP contribution in [0.5, 0.6) is 5.75 Å². The van der Waals surface area contributed by atoms with Crippen LogP contribution in [0.1, 0.15) is 46.0 Å². The van der Waals surface area contributed by atoms with Crippen LogP contribution >= 0.6 is 24.0 Å². The minimum atomic E-state index is 0. The first kappa shape index (κ1) is 28.9. The van der Waals surface area contributed by atoms with Gasteiger partial charge in [-0.05, 0) is 76.1 Å². The summed E-state index contributed by atoms with van der Waals surface area (Å²) < 4.78 is 21.9. The zero-order valence-corrected chi connectivity index (χ0v) is 22.3. The van der Waals surface area contributed by atoms with E-state index < -0.39 is 0 Å². The van der Waals surface area contributed by atoms with Crippen LogP contribution in [-0.2, 0) is 14.2 Å². The Morgan fingerprint density at radius 3 is 2.44 bits per heavy atom. The minimum absolute atomic E-state index is 0. The van der Waals surface area contributed by atoms with Crippen molar-refractivity contribution >= 4 is 35.6 Å². The van der Waals surface area contributed by atoms with Crippen molar-refractivity contribution in [2.24, 2.45) is 10.9 Å². The zero-order valence-electron chi connectivity index (χ0n) is 19.9. The van der Waals surface area contributed by atoms with E-state index in [1.165, 1.54) is 12.8 Å². The second kappa shape index (κ2) is 18.3. The SMILES string of the molecule is COCCOCCCCNC(=NCCCOCC1CC1)Nc1ccc(OC(C)C)cc1.I. The van der Waals surface area contributed by atoms with Crippen LogP contribution in [0.25, 0.3) is 0 Å². The second-order valence-corrected chi connectivity index (χ2v) is 8.16. The normalized spacial score (nSPS) is 13.7. The fourth-order valence-electron chi connectivity index (χ4n) is 2.84. The Morgan fingerprint density at radius 2 is 1.75 bits per heavy atom. The number of anilines is 1. The molecule has 0 spiro atoms. The third-order valence-corrected chi connectivity index (χ3v) is 4.70. The molecule has 0 amide bonds. The fraction of sp³-hybridized carbons (Fsp3) is 0.708. The van der Waals surface area contributed by atoms with Crippen LogP contribution in [0.2, 0.25) is 0 Å². The molecule has 7 nitrogen and oxygen atoms in total. The molecule has 0 radical (unpaired) electrons. The number of aliphatic imine (C=N–C) groups is 1. The first-order valence-corrected chi connectivity index (χ1v) is 11.6. The van der Waals surface area contributed by atoms with E-state index in [1.54, 1.807) is 7.11 Å². The maximum absolute atomic E-state index is 5.72. The highest BCUT2D eigenvalue weighted by molar-refractivity contribution is 14.0. The molecule has 0 atom stereocenters. The number of nitrogens with one attached hydrogen (secondary N) is 2. The molecule has 1 aromatic carbocycles. The van der Waals surface area contributed by atoms with Gasteiger partial charge in [0, 0.05) is 45.7 Å².